The number of halogens is 3. The molecule has 31 heavy (non-hydrogen) atoms. The van der Waals surface area contributed by atoms with Crippen LogP contribution < -0.4 is 20.1 Å². The number of hydrogen-bond acceptors (Lipinski definition) is 6. The molecule has 6 nitrogen and oxygen atoms in total. The van der Waals surface area contributed by atoms with Crippen LogP contribution in [0.25, 0.3) is 0 Å². The fourth-order valence-corrected chi connectivity index (χ4v) is 2.65. The molecule has 0 amide bonds. The SMILES string of the molecule is CCC(C)Oc1cccc(Nc2nc(Nc3ccc(OC)cc3)ncc2C(F)(F)F)c1. The number of methoxy groups -OCH3 is 1. The van der Waals surface area contributed by atoms with Gasteiger partial charge in [-0.05, 0) is 49.7 Å². The molecule has 0 bridgehead atoms. The monoisotopic (exact) mass is 432 g/mol. The van der Waals surface area contributed by atoms with Gasteiger partial charge in [0.2, 0.25) is 5.95 Å². The lowest BCUT2D eigenvalue weighted by Gasteiger charge is -2.16. The van der Waals surface area contributed by atoms with Crippen molar-refractivity contribution >= 4 is 23.1 Å². The molecule has 0 aliphatic rings. The lowest BCUT2D eigenvalue weighted by molar-refractivity contribution is -0.137. The number of nitrogens with one attached hydrogen (secondary N) is 2. The number of hydrogen-bond donors (Lipinski definition) is 2. The molecule has 0 aliphatic carbocycles. The van der Waals surface area contributed by atoms with E-state index in [1.807, 2.05) is 13.8 Å². The van der Waals surface area contributed by atoms with Gasteiger partial charge in [-0.2, -0.15) is 18.2 Å². The van der Waals surface area contributed by atoms with Gasteiger partial charge in [-0.3, -0.25) is 0 Å². The van der Waals surface area contributed by atoms with Gasteiger partial charge in [-0.1, -0.05) is 13.0 Å². The fraction of sp³-hybridized carbons (Fsp3) is 0.273. The summed E-state index contributed by atoms with van der Waals surface area (Å²) in [5.41, 5.74) is 0.0527. The van der Waals surface area contributed by atoms with Crippen LogP contribution in [0.3, 0.4) is 0 Å². The Balaban J connectivity index is 1.88. The Morgan fingerprint density at radius 3 is 2.39 bits per heavy atom. The van der Waals surface area contributed by atoms with E-state index in [0.717, 1.165) is 12.6 Å². The predicted molar refractivity (Wildman–Crippen MR) is 113 cm³/mol. The second-order valence-corrected chi connectivity index (χ2v) is 6.80. The molecular formula is C22H23F3N4O2. The lowest BCUT2D eigenvalue weighted by atomic mass is 10.2. The van der Waals surface area contributed by atoms with Crippen LogP contribution in [-0.4, -0.2) is 23.2 Å². The van der Waals surface area contributed by atoms with E-state index in [-0.39, 0.29) is 17.9 Å². The summed E-state index contributed by atoms with van der Waals surface area (Å²) in [7, 11) is 1.54. The van der Waals surface area contributed by atoms with Crippen molar-refractivity contribution in [3.05, 3.63) is 60.3 Å². The molecule has 3 aromatic rings. The minimum Gasteiger partial charge on any atom is -0.497 e. The zero-order chi connectivity index (χ0) is 22.4. The van der Waals surface area contributed by atoms with E-state index in [1.165, 1.54) is 0 Å². The molecule has 1 unspecified atom stereocenters. The summed E-state index contributed by atoms with van der Waals surface area (Å²) in [5, 5.41) is 5.64. The molecule has 2 N–H and O–H groups in total. The summed E-state index contributed by atoms with van der Waals surface area (Å²) in [6.45, 7) is 3.91. The molecule has 0 saturated carbocycles. The molecule has 3 rings (SSSR count). The maximum atomic E-state index is 13.5. The first-order chi connectivity index (χ1) is 14.8. The average Bonchev–Trinajstić information content (AvgIpc) is 2.74. The predicted octanol–water partition coefficient (Wildman–Crippen LogP) is 6.17. The third kappa shape index (κ3) is 6.00. The largest absolute Gasteiger partial charge is 0.497 e. The molecule has 0 aliphatic heterocycles. The van der Waals surface area contributed by atoms with Crippen LogP contribution in [0, 0.1) is 0 Å². The van der Waals surface area contributed by atoms with Crippen LogP contribution in [-0.2, 0) is 6.18 Å². The van der Waals surface area contributed by atoms with Gasteiger partial charge < -0.3 is 20.1 Å². The number of rotatable bonds is 8. The number of ether oxygens (including phenoxy) is 2. The Labute approximate surface area is 178 Å². The summed E-state index contributed by atoms with van der Waals surface area (Å²) < 4.78 is 51.4. The third-order valence-corrected chi connectivity index (χ3v) is 4.45. The van der Waals surface area contributed by atoms with Crippen LogP contribution in [0.5, 0.6) is 11.5 Å². The number of nitrogens with zero attached hydrogens (tertiary/aromatic N) is 2. The number of alkyl halides is 3. The van der Waals surface area contributed by atoms with E-state index in [9.17, 15) is 13.2 Å². The van der Waals surface area contributed by atoms with Gasteiger partial charge in [-0.15, -0.1) is 0 Å². The van der Waals surface area contributed by atoms with Crippen molar-refractivity contribution in [3.63, 3.8) is 0 Å². The first-order valence-electron chi connectivity index (χ1n) is 9.67. The quantitative estimate of drug-likeness (QED) is 0.444. The van der Waals surface area contributed by atoms with Crippen LogP contribution in [0.1, 0.15) is 25.8 Å². The molecular weight excluding hydrogens is 409 g/mol. The first kappa shape index (κ1) is 22.2. The summed E-state index contributed by atoms with van der Waals surface area (Å²) in [6, 6.07) is 13.6. The first-order valence-corrected chi connectivity index (χ1v) is 9.67. The van der Waals surface area contributed by atoms with Crippen LogP contribution in [0.15, 0.2) is 54.7 Å². The standard InChI is InChI=1S/C22H23F3N4O2/c1-4-14(2)31-18-7-5-6-16(12-18)27-20-19(22(23,24)25)13-26-21(29-20)28-15-8-10-17(30-3)11-9-15/h5-14H,4H2,1-3H3,(H2,26,27,28,29). The second kappa shape index (κ2) is 9.55. The van der Waals surface area contributed by atoms with Crippen molar-refractivity contribution in [2.45, 2.75) is 32.5 Å². The highest BCUT2D eigenvalue weighted by Gasteiger charge is 2.35. The van der Waals surface area contributed by atoms with E-state index >= 15 is 0 Å². The van der Waals surface area contributed by atoms with Crippen LogP contribution >= 0.6 is 0 Å². The van der Waals surface area contributed by atoms with Gasteiger partial charge in [-0.25, -0.2) is 4.98 Å². The van der Waals surface area contributed by atoms with E-state index in [1.54, 1.807) is 55.6 Å². The normalized spacial score (nSPS) is 12.2. The topological polar surface area (TPSA) is 68.3 Å². The maximum Gasteiger partial charge on any atom is 0.421 e. The number of anilines is 4. The lowest BCUT2D eigenvalue weighted by Crippen LogP contribution is -2.13. The molecule has 9 heteroatoms. The molecule has 1 aromatic heterocycles. The van der Waals surface area contributed by atoms with Gasteiger partial charge in [0.25, 0.3) is 0 Å². The van der Waals surface area contributed by atoms with Gasteiger partial charge in [0.15, 0.2) is 0 Å². The van der Waals surface area contributed by atoms with Gasteiger partial charge >= 0.3 is 6.18 Å². The molecule has 2 aromatic carbocycles. The molecule has 0 fully saturated rings. The Kier molecular flexibility index (Phi) is 6.84. The molecule has 164 valence electrons. The molecule has 1 heterocycles. The number of benzene rings is 2. The highest BCUT2D eigenvalue weighted by Crippen LogP contribution is 2.36. The van der Waals surface area contributed by atoms with Crippen molar-refractivity contribution in [2.75, 3.05) is 17.7 Å². The van der Waals surface area contributed by atoms with Crippen LogP contribution in [0.2, 0.25) is 0 Å². The van der Waals surface area contributed by atoms with Crippen molar-refractivity contribution in [2.24, 2.45) is 0 Å². The summed E-state index contributed by atoms with van der Waals surface area (Å²) >= 11 is 0. The Bertz CT molecular complexity index is 1010. The molecule has 0 saturated heterocycles. The van der Waals surface area contributed by atoms with Gasteiger partial charge in [0, 0.05) is 23.6 Å². The average molecular weight is 432 g/mol. The van der Waals surface area contributed by atoms with Gasteiger partial charge in [0.1, 0.15) is 22.9 Å². The smallest absolute Gasteiger partial charge is 0.421 e. The van der Waals surface area contributed by atoms with Crippen molar-refractivity contribution in [1.82, 2.24) is 9.97 Å². The highest BCUT2D eigenvalue weighted by molar-refractivity contribution is 5.64. The molecule has 0 radical (unpaired) electrons. The van der Waals surface area contributed by atoms with Crippen molar-refractivity contribution in [1.29, 1.82) is 0 Å². The van der Waals surface area contributed by atoms with E-state index in [4.69, 9.17) is 9.47 Å². The van der Waals surface area contributed by atoms with E-state index in [0.29, 0.717) is 22.9 Å². The Morgan fingerprint density at radius 1 is 1.00 bits per heavy atom. The highest BCUT2D eigenvalue weighted by atomic mass is 19.4. The minimum atomic E-state index is -4.62. The third-order valence-electron chi connectivity index (χ3n) is 4.45. The molecule has 1 atom stereocenters. The number of aromatic nitrogens is 2. The maximum absolute atomic E-state index is 13.5. The summed E-state index contributed by atoms with van der Waals surface area (Å²) in [4.78, 5) is 7.87. The van der Waals surface area contributed by atoms with Crippen LogP contribution in [0.4, 0.5) is 36.3 Å². The van der Waals surface area contributed by atoms with Crippen molar-refractivity contribution < 1.29 is 22.6 Å². The second-order valence-electron chi connectivity index (χ2n) is 6.80. The Morgan fingerprint density at radius 2 is 1.74 bits per heavy atom. The zero-order valence-electron chi connectivity index (χ0n) is 17.3. The zero-order valence-corrected chi connectivity index (χ0v) is 17.3. The molecule has 0 spiro atoms. The van der Waals surface area contributed by atoms with E-state index in [2.05, 4.69) is 20.6 Å². The summed E-state index contributed by atoms with van der Waals surface area (Å²) in [6.07, 6.45) is -3.07. The fourth-order valence-electron chi connectivity index (χ4n) is 2.65. The Hall–Kier alpha value is -3.49. The van der Waals surface area contributed by atoms with E-state index < -0.39 is 11.7 Å². The van der Waals surface area contributed by atoms with Gasteiger partial charge in [0.05, 0.1) is 13.2 Å². The van der Waals surface area contributed by atoms with Crippen molar-refractivity contribution in [3.8, 4) is 11.5 Å². The minimum absolute atomic E-state index is 0.0136. The summed E-state index contributed by atoms with van der Waals surface area (Å²) in [5.74, 6) is 0.867.